The zero-order valence-corrected chi connectivity index (χ0v) is 15.4. The highest BCUT2D eigenvalue weighted by atomic mass is 16.5. The van der Waals surface area contributed by atoms with Crippen LogP contribution in [0.5, 0.6) is 0 Å². The Morgan fingerprint density at radius 3 is 2.74 bits per heavy atom. The molecule has 142 valence electrons. The number of fused-ring (bicyclic) bond motifs is 1. The van der Waals surface area contributed by atoms with Gasteiger partial charge in [0.25, 0.3) is 5.91 Å². The van der Waals surface area contributed by atoms with E-state index in [0.29, 0.717) is 18.7 Å². The van der Waals surface area contributed by atoms with Gasteiger partial charge in [-0.3, -0.25) is 9.48 Å². The highest BCUT2D eigenvalue weighted by molar-refractivity contribution is 5.95. The minimum atomic E-state index is -0.949. The lowest BCUT2D eigenvalue weighted by Crippen LogP contribution is -2.36. The molecule has 7 heteroatoms. The number of carboxylic acid groups (broad SMARTS) is 1. The fraction of sp³-hybridized carbons (Fsp3) is 0.450. The lowest BCUT2D eigenvalue weighted by atomic mass is 9.97. The fourth-order valence-corrected chi connectivity index (χ4v) is 3.97. The molecule has 1 amide bonds. The van der Waals surface area contributed by atoms with Crippen molar-refractivity contribution in [3.8, 4) is 0 Å². The second kappa shape index (κ2) is 7.15. The van der Waals surface area contributed by atoms with Crippen LogP contribution in [-0.4, -0.2) is 51.4 Å². The summed E-state index contributed by atoms with van der Waals surface area (Å²) in [6.45, 7) is 4.44. The number of rotatable bonds is 3. The largest absolute Gasteiger partial charge is 0.478 e. The maximum atomic E-state index is 13.1. The van der Waals surface area contributed by atoms with Gasteiger partial charge >= 0.3 is 5.97 Å². The Morgan fingerprint density at radius 2 is 2.00 bits per heavy atom. The van der Waals surface area contributed by atoms with Crippen molar-refractivity contribution in [1.82, 2.24) is 14.7 Å². The smallest absolute Gasteiger partial charge is 0.335 e. The Labute approximate surface area is 157 Å². The van der Waals surface area contributed by atoms with Crippen LogP contribution in [0, 0.1) is 6.92 Å². The average Bonchev–Trinajstić information content (AvgIpc) is 3.08. The molecular weight excluding hydrogens is 346 g/mol. The quantitative estimate of drug-likeness (QED) is 0.898. The SMILES string of the molecule is Cc1c(C(=O)N2CCc3ccc(C(=O)O)cc3C2)cnn1C1CCOCC1. The van der Waals surface area contributed by atoms with E-state index < -0.39 is 5.97 Å². The first kappa shape index (κ1) is 17.7. The molecule has 1 aromatic heterocycles. The monoisotopic (exact) mass is 369 g/mol. The first-order valence-corrected chi connectivity index (χ1v) is 9.31. The highest BCUT2D eigenvalue weighted by Crippen LogP contribution is 2.26. The number of aromatic nitrogens is 2. The summed E-state index contributed by atoms with van der Waals surface area (Å²) >= 11 is 0. The predicted molar refractivity (Wildman–Crippen MR) is 97.9 cm³/mol. The molecule has 0 radical (unpaired) electrons. The van der Waals surface area contributed by atoms with Crippen molar-refractivity contribution < 1.29 is 19.4 Å². The number of amides is 1. The molecule has 1 aromatic carbocycles. The molecule has 1 saturated heterocycles. The van der Waals surface area contributed by atoms with Gasteiger partial charge in [0.1, 0.15) is 0 Å². The van der Waals surface area contributed by atoms with Crippen molar-refractivity contribution in [2.45, 2.75) is 38.8 Å². The van der Waals surface area contributed by atoms with Crippen LogP contribution in [0.15, 0.2) is 24.4 Å². The molecule has 1 fully saturated rings. The number of nitrogens with zero attached hydrogens (tertiary/aromatic N) is 3. The van der Waals surface area contributed by atoms with Crippen molar-refractivity contribution in [1.29, 1.82) is 0 Å². The van der Waals surface area contributed by atoms with Gasteiger partial charge in [-0.05, 0) is 49.4 Å². The lowest BCUT2D eigenvalue weighted by Gasteiger charge is -2.29. The fourth-order valence-electron chi connectivity index (χ4n) is 3.97. The second-order valence-electron chi connectivity index (χ2n) is 7.20. The first-order chi connectivity index (χ1) is 13.0. The summed E-state index contributed by atoms with van der Waals surface area (Å²) in [5.41, 5.74) is 3.78. The summed E-state index contributed by atoms with van der Waals surface area (Å²) in [6, 6.07) is 5.44. The maximum Gasteiger partial charge on any atom is 0.335 e. The number of carbonyl (C=O) groups is 2. The van der Waals surface area contributed by atoms with Crippen LogP contribution in [-0.2, 0) is 17.7 Å². The Kier molecular flexibility index (Phi) is 4.70. The van der Waals surface area contributed by atoms with Crippen LogP contribution < -0.4 is 0 Å². The van der Waals surface area contributed by atoms with E-state index >= 15 is 0 Å². The number of carboxylic acids is 1. The maximum absolute atomic E-state index is 13.1. The number of hydrogen-bond acceptors (Lipinski definition) is 4. The Morgan fingerprint density at radius 1 is 1.22 bits per heavy atom. The number of ether oxygens (including phenoxy) is 1. The number of hydrogen-bond donors (Lipinski definition) is 1. The van der Waals surface area contributed by atoms with E-state index in [-0.39, 0.29) is 17.5 Å². The van der Waals surface area contributed by atoms with Gasteiger partial charge in [0.05, 0.1) is 23.4 Å². The molecule has 0 spiro atoms. The van der Waals surface area contributed by atoms with Gasteiger partial charge < -0.3 is 14.7 Å². The van der Waals surface area contributed by atoms with Crippen LogP contribution >= 0.6 is 0 Å². The topological polar surface area (TPSA) is 84.7 Å². The molecule has 7 nitrogen and oxygen atoms in total. The molecule has 3 heterocycles. The molecule has 27 heavy (non-hydrogen) atoms. The molecule has 2 aliphatic heterocycles. The van der Waals surface area contributed by atoms with Gasteiger partial charge in [-0.25, -0.2) is 4.79 Å². The number of aromatic carboxylic acids is 1. The zero-order valence-electron chi connectivity index (χ0n) is 15.4. The van der Waals surface area contributed by atoms with Crippen LogP contribution in [0.1, 0.15) is 56.4 Å². The highest BCUT2D eigenvalue weighted by Gasteiger charge is 2.27. The minimum Gasteiger partial charge on any atom is -0.478 e. The van der Waals surface area contributed by atoms with Crippen molar-refractivity contribution in [3.05, 3.63) is 52.3 Å². The predicted octanol–water partition coefficient (Wildman–Crippen LogP) is 2.44. The Hall–Kier alpha value is -2.67. The van der Waals surface area contributed by atoms with E-state index in [4.69, 9.17) is 4.74 Å². The third-order valence-electron chi connectivity index (χ3n) is 5.56. The van der Waals surface area contributed by atoms with Crippen molar-refractivity contribution >= 4 is 11.9 Å². The second-order valence-corrected chi connectivity index (χ2v) is 7.20. The van der Waals surface area contributed by atoms with Gasteiger partial charge in [0.2, 0.25) is 0 Å². The van der Waals surface area contributed by atoms with Crippen LogP contribution in [0.2, 0.25) is 0 Å². The normalized spacial score (nSPS) is 17.6. The van der Waals surface area contributed by atoms with Crippen LogP contribution in [0.3, 0.4) is 0 Å². The van der Waals surface area contributed by atoms with Crippen molar-refractivity contribution in [2.75, 3.05) is 19.8 Å². The molecule has 0 atom stereocenters. The van der Waals surface area contributed by atoms with Gasteiger partial charge in [0, 0.05) is 32.0 Å². The molecule has 2 aromatic rings. The van der Waals surface area contributed by atoms with Gasteiger partial charge in [-0.2, -0.15) is 5.10 Å². The lowest BCUT2D eigenvalue weighted by molar-refractivity contribution is 0.0654. The molecule has 1 N–H and O–H groups in total. The summed E-state index contributed by atoms with van der Waals surface area (Å²) in [5, 5.41) is 13.7. The van der Waals surface area contributed by atoms with Crippen molar-refractivity contribution in [3.63, 3.8) is 0 Å². The molecular formula is C20H23N3O4. The molecule has 0 bridgehead atoms. The molecule has 0 aliphatic carbocycles. The third-order valence-corrected chi connectivity index (χ3v) is 5.56. The van der Waals surface area contributed by atoms with Gasteiger partial charge in [-0.1, -0.05) is 6.07 Å². The summed E-state index contributed by atoms with van der Waals surface area (Å²) in [4.78, 5) is 26.1. The first-order valence-electron chi connectivity index (χ1n) is 9.31. The summed E-state index contributed by atoms with van der Waals surface area (Å²) < 4.78 is 7.37. The standard InChI is InChI=1S/C20H23N3O4/c1-13-18(11-21-23(13)17-5-8-27-9-6-17)19(24)22-7-4-14-2-3-15(20(25)26)10-16(14)12-22/h2-3,10-11,17H,4-9,12H2,1H3,(H,25,26). The third kappa shape index (κ3) is 3.35. The summed E-state index contributed by atoms with van der Waals surface area (Å²) in [6.07, 6.45) is 4.21. The van der Waals surface area contributed by atoms with Crippen molar-refractivity contribution in [2.24, 2.45) is 0 Å². The van der Waals surface area contributed by atoms with E-state index in [2.05, 4.69) is 5.10 Å². The summed E-state index contributed by atoms with van der Waals surface area (Å²) in [5.74, 6) is -0.994. The Balaban J connectivity index is 1.54. The van der Waals surface area contributed by atoms with Crippen LogP contribution in [0.25, 0.3) is 0 Å². The molecule has 0 saturated carbocycles. The van der Waals surface area contributed by atoms with Crippen LogP contribution in [0.4, 0.5) is 0 Å². The minimum absolute atomic E-state index is 0.0443. The molecule has 0 unspecified atom stereocenters. The Bertz CT molecular complexity index is 883. The van der Waals surface area contributed by atoms with E-state index in [1.807, 2.05) is 17.7 Å². The zero-order chi connectivity index (χ0) is 19.0. The van der Waals surface area contributed by atoms with E-state index in [9.17, 15) is 14.7 Å². The summed E-state index contributed by atoms with van der Waals surface area (Å²) in [7, 11) is 0. The van der Waals surface area contributed by atoms with Gasteiger partial charge in [-0.15, -0.1) is 0 Å². The van der Waals surface area contributed by atoms with Gasteiger partial charge in [0.15, 0.2) is 0 Å². The van der Waals surface area contributed by atoms with E-state index in [1.165, 1.54) is 0 Å². The average molecular weight is 369 g/mol. The van der Waals surface area contributed by atoms with E-state index in [1.54, 1.807) is 23.2 Å². The van der Waals surface area contributed by atoms with E-state index in [0.717, 1.165) is 49.3 Å². The molecule has 4 rings (SSSR count). The number of benzene rings is 1. The molecule has 2 aliphatic rings. The number of carbonyl (C=O) groups excluding carboxylic acids is 1.